The van der Waals surface area contributed by atoms with Gasteiger partial charge >= 0.3 is 0 Å². The molecule has 2 aromatic carbocycles. The Morgan fingerprint density at radius 3 is 2.54 bits per heavy atom. The Balaban J connectivity index is 1.71. The minimum absolute atomic E-state index is 0.127. The van der Waals surface area contributed by atoms with E-state index in [1.807, 2.05) is 47.4 Å². The maximum atomic E-state index is 12.7. The van der Waals surface area contributed by atoms with Crippen molar-refractivity contribution in [1.82, 2.24) is 14.9 Å². The molecule has 4 nitrogen and oxygen atoms in total. The van der Waals surface area contributed by atoms with Crippen molar-refractivity contribution in [2.45, 2.75) is 12.8 Å². The highest BCUT2D eigenvalue weighted by molar-refractivity contribution is 7.25. The second kappa shape index (κ2) is 5.24. The lowest BCUT2D eigenvalue weighted by Gasteiger charge is -2.15. The van der Waals surface area contributed by atoms with Gasteiger partial charge in [-0.25, -0.2) is 9.97 Å². The predicted molar refractivity (Wildman–Crippen MR) is 97.6 cm³/mol. The first-order chi connectivity index (χ1) is 11.8. The number of para-hydroxylation sites is 2. The van der Waals surface area contributed by atoms with E-state index < -0.39 is 0 Å². The highest BCUT2D eigenvalue weighted by atomic mass is 32.1. The molecule has 24 heavy (non-hydrogen) atoms. The fourth-order valence-electron chi connectivity index (χ4n) is 3.37. The van der Waals surface area contributed by atoms with Crippen molar-refractivity contribution in [3.05, 3.63) is 48.0 Å². The maximum absolute atomic E-state index is 12.7. The summed E-state index contributed by atoms with van der Waals surface area (Å²) >= 11 is 1.63. The predicted octanol–water partition coefficient (Wildman–Crippen LogP) is 4.23. The summed E-state index contributed by atoms with van der Waals surface area (Å²) in [5, 5.41) is 1.03. The van der Waals surface area contributed by atoms with Crippen molar-refractivity contribution in [3.8, 4) is 0 Å². The number of likely N-dealkylation sites (tertiary alicyclic amines) is 1. The van der Waals surface area contributed by atoms with Crippen LogP contribution < -0.4 is 0 Å². The molecule has 118 valence electrons. The first kappa shape index (κ1) is 13.9. The molecule has 1 amide bonds. The number of fused-ring (bicyclic) bond motifs is 4. The van der Waals surface area contributed by atoms with E-state index in [2.05, 4.69) is 0 Å². The molecule has 0 atom stereocenters. The van der Waals surface area contributed by atoms with Crippen LogP contribution in [0.5, 0.6) is 0 Å². The number of rotatable bonds is 1. The lowest BCUT2D eigenvalue weighted by molar-refractivity contribution is 0.0793. The van der Waals surface area contributed by atoms with Crippen LogP contribution in [0, 0.1) is 0 Å². The van der Waals surface area contributed by atoms with E-state index in [4.69, 9.17) is 9.97 Å². The quantitative estimate of drug-likeness (QED) is 0.523. The van der Waals surface area contributed by atoms with Gasteiger partial charge in [0.15, 0.2) is 0 Å². The van der Waals surface area contributed by atoms with E-state index in [1.165, 1.54) is 0 Å². The second-order valence-corrected chi connectivity index (χ2v) is 7.21. The third-order valence-electron chi connectivity index (χ3n) is 4.62. The van der Waals surface area contributed by atoms with E-state index in [9.17, 15) is 4.79 Å². The summed E-state index contributed by atoms with van der Waals surface area (Å²) in [4.78, 5) is 25.0. The standard InChI is InChI=1S/C19H15N3OS/c23-19(22-9-3-4-10-22)12-7-8-16-13(11-12)17-18(24-16)21-15-6-2-1-5-14(15)20-17/h1-2,5-8,11H,3-4,9-10H2. The Morgan fingerprint density at radius 2 is 1.75 bits per heavy atom. The molecule has 0 bridgehead atoms. The number of carbonyl (C=O) groups excluding carboxylic acids is 1. The summed E-state index contributed by atoms with van der Waals surface area (Å²) < 4.78 is 1.12. The zero-order chi connectivity index (χ0) is 16.1. The van der Waals surface area contributed by atoms with Crippen molar-refractivity contribution in [2.75, 3.05) is 13.1 Å². The van der Waals surface area contributed by atoms with Gasteiger partial charge in [0.1, 0.15) is 10.3 Å². The smallest absolute Gasteiger partial charge is 0.253 e. The third-order valence-corrected chi connectivity index (χ3v) is 5.67. The van der Waals surface area contributed by atoms with Crippen LogP contribution in [-0.4, -0.2) is 33.9 Å². The van der Waals surface area contributed by atoms with Gasteiger partial charge in [-0.15, -0.1) is 11.3 Å². The number of aromatic nitrogens is 2. The third kappa shape index (κ3) is 2.08. The molecular weight excluding hydrogens is 318 g/mol. The zero-order valence-corrected chi connectivity index (χ0v) is 13.8. The first-order valence-electron chi connectivity index (χ1n) is 8.18. The Morgan fingerprint density at radius 1 is 1.00 bits per heavy atom. The van der Waals surface area contributed by atoms with Crippen molar-refractivity contribution in [1.29, 1.82) is 0 Å². The molecule has 4 aromatic rings. The molecule has 3 heterocycles. The molecule has 2 aromatic heterocycles. The summed E-state index contributed by atoms with van der Waals surface area (Å²) in [7, 11) is 0. The molecule has 1 fully saturated rings. The molecule has 5 heteroatoms. The van der Waals surface area contributed by atoms with Crippen LogP contribution >= 0.6 is 11.3 Å². The molecule has 0 unspecified atom stereocenters. The number of amides is 1. The Kier molecular flexibility index (Phi) is 3.03. The van der Waals surface area contributed by atoms with Crippen LogP contribution in [0.25, 0.3) is 31.5 Å². The normalized spacial score (nSPS) is 14.9. The number of benzene rings is 2. The number of hydrogen-bond acceptors (Lipinski definition) is 4. The SMILES string of the molecule is O=C(c1ccc2sc3nc4ccccc4nc3c2c1)N1CCCC1. The summed E-state index contributed by atoms with van der Waals surface area (Å²) in [6.07, 6.45) is 2.21. The number of hydrogen-bond donors (Lipinski definition) is 0. The molecule has 1 aliphatic rings. The van der Waals surface area contributed by atoms with Gasteiger partial charge in [-0.3, -0.25) is 4.79 Å². The van der Waals surface area contributed by atoms with E-state index in [1.54, 1.807) is 11.3 Å². The average Bonchev–Trinajstić information content (AvgIpc) is 3.26. The minimum Gasteiger partial charge on any atom is -0.339 e. The fraction of sp³-hybridized carbons (Fsp3) is 0.211. The van der Waals surface area contributed by atoms with Crippen LogP contribution in [-0.2, 0) is 0 Å². The van der Waals surface area contributed by atoms with E-state index in [0.717, 1.165) is 63.0 Å². The number of carbonyl (C=O) groups is 1. The Labute approximate surface area is 142 Å². The first-order valence-corrected chi connectivity index (χ1v) is 8.99. The highest BCUT2D eigenvalue weighted by Gasteiger charge is 2.20. The van der Waals surface area contributed by atoms with Crippen molar-refractivity contribution >= 4 is 48.7 Å². The molecule has 1 saturated heterocycles. The van der Waals surface area contributed by atoms with Gasteiger partial charge in [-0.05, 0) is 43.2 Å². The van der Waals surface area contributed by atoms with Crippen LogP contribution in [0.2, 0.25) is 0 Å². The lowest BCUT2D eigenvalue weighted by atomic mass is 10.1. The van der Waals surface area contributed by atoms with Crippen LogP contribution in [0.15, 0.2) is 42.5 Å². The van der Waals surface area contributed by atoms with Gasteiger partial charge in [0, 0.05) is 28.7 Å². The number of thiophene rings is 1. The molecule has 0 N–H and O–H groups in total. The molecular formula is C19H15N3OS. The summed E-state index contributed by atoms with van der Waals surface area (Å²) in [6.45, 7) is 1.73. The molecule has 0 saturated carbocycles. The van der Waals surface area contributed by atoms with Gasteiger partial charge in [0.05, 0.1) is 11.0 Å². The van der Waals surface area contributed by atoms with Gasteiger partial charge in [-0.1, -0.05) is 12.1 Å². The molecule has 5 rings (SSSR count). The molecule has 0 radical (unpaired) electrons. The minimum atomic E-state index is 0.127. The molecule has 0 aliphatic carbocycles. The lowest BCUT2D eigenvalue weighted by Crippen LogP contribution is -2.27. The van der Waals surface area contributed by atoms with Gasteiger partial charge in [0.2, 0.25) is 0 Å². The van der Waals surface area contributed by atoms with E-state index in [0.29, 0.717) is 0 Å². The largest absolute Gasteiger partial charge is 0.339 e. The second-order valence-electron chi connectivity index (χ2n) is 6.18. The highest BCUT2D eigenvalue weighted by Crippen LogP contribution is 2.33. The monoisotopic (exact) mass is 333 g/mol. The zero-order valence-electron chi connectivity index (χ0n) is 13.0. The van der Waals surface area contributed by atoms with Crippen molar-refractivity contribution < 1.29 is 4.79 Å². The fourth-order valence-corrected chi connectivity index (χ4v) is 4.38. The summed E-state index contributed by atoms with van der Waals surface area (Å²) in [6, 6.07) is 13.8. The van der Waals surface area contributed by atoms with Crippen molar-refractivity contribution in [3.63, 3.8) is 0 Å². The van der Waals surface area contributed by atoms with Gasteiger partial charge in [0.25, 0.3) is 5.91 Å². The summed E-state index contributed by atoms with van der Waals surface area (Å²) in [5.74, 6) is 0.127. The Bertz CT molecular complexity index is 1100. The Hall–Kier alpha value is -2.53. The molecule has 1 aliphatic heterocycles. The van der Waals surface area contributed by atoms with E-state index in [-0.39, 0.29) is 5.91 Å². The van der Waals surface area contributed by atoms with E-state index >= 15 is 0 Å². The average molecular weight is 333 g/mol. The van der Waals surface area contributed by atoms with Crippen molar-refractivity contribution in [2.24, 2.45) is 0 Å². The maximum Gasteiger partial charge on any atom is 0.253 e. The molecule has 0 spiro atoms. The van der Waals surface area contributed by atoms with Crippen LogP contribution in [0.3, 0.4) is 0 Å². The van der Waals surface area contributed by atoms with Gasteiger partial charge < -0.3 is 4.90 Å². The van der Waals surface area contributed by atoms with Crippen LogP contribution in [0.1, 0.15) is 23.2 Å². The summed E-state index contributed by atoms with van der Waals surface area (Å²) in [5.41, 5.74) is 3.44. The topological polar surface area (TPSA) is 46.1 Å². The van der Waals surface area contributed by atoms with Gasteiger partial charge in [-0.2, -0.15) is 0 Å². The number of nitrogens with zero attached hydrogens (tertiary/aromatic N) is 3. The van der Waals surface area contributed by atoms with Crippen LogP contribution in [0.4, 0.5) is 0 Å².